The standard InChI is InChI=1S/C11H7F2N3O5/c12-4-1-3(2-5(13)7(4)17)14-8(18)6-9(19)15-11(21)16-10(6)20/h1-2,6,17H,(H,14,18)(H2,15,16,19,20,21). The molecule has 0 unspecified atom stereocenters. The summed E-state index contributed by atoms with van der Waals surface area (Å²) in [4.78, 5) is 45.4. The van der Waals surface area contributed by atoms with E-state index < -0.39 is 52.7 Å². The normalized spacial score (nSPS) is 15.4. The van der Waals surface area contributed by atoms with E-state index in [0.717, 1.165) is 0 Å². The zero-order valence-electron chi connectivity index (χ0n) is 10.1. The molecule has 1 fully saturated rings. The van der Waals surface area contributed by atoms with E-state index in [1.165, 1.54) is 0 Å². The third-order valence-corrected chi connectivity index (χ3v) is 2.54. The number of anilines is 1. The van der Waals surface area contributed by atoms with Crippen LogP contribution >= 0.6 is 0 Å². The van der Waals surface area contributed by atoms with Crippen LogP contribution in [0, 0.1) is 17.6 Å². The van der Waals surface area contributed by atoms with Crippen molar-refractivity contribution in [2.24, 2.45) is 5.92 Å². The van der Waals surface area contributed by atoms with Crippen molar-refractivity contribution in [2.75, 3.05) is 5.32 Å². The molecule has 21 heavy (non-hydrogen) atoms. The summed E-state index contributed by atoms with van der Waals surface area (Å²) >= 11 is 0. The third-order valence-electron chi connectivity index (χ3n) is 2.54. The van der Waals surface area contributed by atoms with Crippen LogP contribution in [0.25, 0.3) is 0 Å². The van der Waals surface area contributed by atoms with E-state index in [2.05, 4.69) is 0 Å². The van der Waals surface area contributed by atoms with E-state index in [4.69, 9.17) is 5.11 Å². The number of carbonyl (C=O) groups excluding carboxylic acids is 4. The van der Waals surface area contributed by atoms with Gasteiger partial charge in [0.05, 0.1) is 0 Å². The maximum Gasteiger partial charge on any atom is 0.328 e. The Labute approximate surface area is 115 Å². The van der Waals surface area contributed by atoms with Gasteiger partial charge >= 0.3 is 6.03 Å². The zero-order valence-corrected chi connectivity index (χ0v) is 10.1. The van der Waals surface area contributed by atoms with Crippen LogP contribution in [0.3, 0.4) is 0 Å². The molecule has 1 aromatic rings. The first kappa shape index (κ1) is 14.4. The number of imide groups is 2. The van der Waals surface area contributed by atoms with Crippen LogP contribution in [-0.2, 0) is 14.4 Å². The smallest absolute Gasteiger partial charge is 0.328 e. The minimum atomic E-state index is -1.89. The summed E-state index contributed by atoms with van der Waals surface area (Å²) in [6, 6.07) is 0.121. The van der Waals surface area contributed by atoms with Gasteiger partial charge in [-0.15, -0.1) is 0 Å². The summed E-state index contributed by atoms with van der Waals surface area (Å²) in [5.41, 5.74) is -0.412. The molecule has 2 rings (SSSR count). The lowest BCUT2D eigenvalue weighted by Crippen LogP contribution is -2.58. The molecule has 1 heterocycles. The molecule has 0 spiro atoms. The van der Waals surface area contributed by atoms with Crippen LogP contribution in [0.5, 0.6) is 5.75 Å². The highest BCUT2D eigenvalue weighted by Gasteiger charge is 2.40. The van der Waals surface area contributed by atoms with Gasteiger partial charge in [-0.05, 0) is 0 Å². The zero-order chi connectivity index (χ0) is 15.7. The molecule has 10 heteroatoms. The minimum Gasteiger partial charge on any atom is -0.503 e. The van der Waals surface area contributed by atoms with Gasteiger partial charge in [-0.2, -0.15) is 0 Å². The van der Waals surface area contributed by atoms with Crippen molar-refractivity contribution in [3.8, 4) is 5.75 Å². The second-order valence-corrected chi connectivity index (χ2v) is 4.02. The molecule has 0 saturated carbocycles. The fraction of sp³-hybridized carbons (Fsp3) is 0.0909. The molecule has 0 radical (unpaired) electrons. The second-order valence-electron chi connectivity index (χ2n) is 4.02. The number of barbiturate groups is 1. The van der Waals surface area contributed by atoms with E-state index >= 15 is 0 Å². The van der Waals surface area contributed by atoms with Gasteiger partial charge in [0.2, 0.25) is 17.7 Å². The largest absolute Gasteiger partial charge is 0.503 e. The fourth-order valence-electron chi connectivity index (χ4n) is 1.61. The van der Waals surface area contributed by atoms with Crippen molar-refractivity contribution in [1.82, 2.24) is 10.6 Å². The molecular formula is C11H7F2N3O5. The van der Waals surface area contributed by atoms with Crippen LogP contribution in [0.4, 0.5) is 19.3 Å². The monoisotopic (exact) mass is 299 g/mol. The summed E-state index contributed by atoms with van der Waals surface area (Å²) in [5, 5.41) is 14.2. The molecule has 0 atom stereocenters. The Kier molecular flexibility index (Phi) is 3.52. The Morgan fingerprint density at radius 1 is 1.10 bits per heavy atom. The van der Waals surface area contributed by atoms with E-state index in [0.29, 0.717) is 12.1 Å². The number of hydrogen-bond donors (Lipinski definition) is 4. The van der Waals surface area contributed by atoms with Gasteiger partial charge in [-0.1, -0.05) is 0 Å². The number of aromatic hydroxyl groups is 1. The Balaban J connectivity index is 2.20. The lowest BCUT2D eigenvalue weighted by Gasteiger charge is -2.19. The molecule has 4 N–H and O–H groups in total. The maximum atomic E-state index is 13.1. The van der Waals surface area contributed by atoms with Gasteiger partial charge in [-0.25, -0.2) is 13.6 Å². The molecule has 1 saturated heterocycles. The molecule has 1 aromatic carbocycles. The molecule has 8 nitrogen and oxygen atoms in total. The summed E-state index contributed by atoms with van der Waals surface area (Å²) < 4.78 is 26.2. The highest BCUT2D eigenvalue weighted by atomic mass is 19.1. The molecule has 0 bridgehead atoms. The molecule has 0 aliphatic carbocycles. The van der Waals surface area contributed by atoms with Gasteiger partial charge < -0.3 is 10.4 Å². The first-order chi connectivity index (χ1) is 9.79. The number of amides is 5. The van der Waals surface area contributed by atoms with E-state index in [1.54, 1.807) is 10.6 Å². The summed E-state index contributed by atoms with van der Waals surface area (Å²) in [6.45, 7) is 0. The van der Waals surface area contributed by atoms with Gasteiger partial charge in [0.1, 0.15) is 0 Å². The van der Waals surface area contributed by atoms with Crippen LogP contribution < -0.4 is 16.0 Å². The van der Waals surface area contributed by atoms with Crippen LogP contribution in [0.2, 0.25) is 0 Å². The van der Waals surface area contributed by atoms with Gasteiger partial charge in [0.25, 0.3) is 0 Å². The van der Waals surface area contributed by atoms with E-state index in [1.807, 2.05) is 5.32 Å². The molecule has 110 valence electrons. The fourth-order valence-corrected chi connectivity index (χ4v) is 1.61. The minimum absolute atomic E-state index is 0.412. The molecule has 5 amide bonds. The van der Waals surface area contributed by atoms with Crippen LogP contribution in [-0.4, -0.2) is 28.9 Å². The van der Waals surface area contributed by atoms with Crippen molar-refractivity contribution in [1.29, 1.82) is 0 Å². The topological polar surface area (TPSA) is 125 Å². The molecule has 1 aliphatic rings. The number of halogens is 2. The highest BCUT2D eigenvalue weighted by molar-refractivity contribution is 6.28. The lowest BCUT2D eigenvalue weighted by molar-refractivity contribution is -0.141. The quantitative estimate of drug-likeness (QED) is 0.436. The van der Waals surface area contributed by atoms with Gasteiger partial charge in [-0.3, -0.25) is 25.0 Å². The predicted octanol–water partition coefficient (Wildman–Crippen LogP) is -0.409. The Hall–Kier alpha value is -3.04. The maximum absolute atomic E-state index is 13.1. The number of carbonyl (C=O) groups is 4. The Morgan fingerprint density at radius 2 is 1.57 bits per heavy atom. The Bertz CT molecular complexity index is 633. The van der Waals surface area contributed by atoms with Gasteiger partial charge in [0, 0.05) is 17.8 Å². The van der Waals surface area contributed by atoms with Crippen LogP contribution in [0.1, 0.15) is 0 Å². The first-order valence-corrected chi connectivity index (χ1v) is 5.44. The molecule has 0 aromatic heterocycles. The van der Waals surface area contributed by atoms with Crippen molar-refractivity contribution >= 4 is 29.4 Å². The number of phenols is 1. The van der Waals surface area contributed by atoms with Crippen LogP contribution in [0.15, 0.2) is 12.1 Å². The molecular weight excluding hydrogens is 292 g/mol. The number of urea groups is 1. The predicted molar refractivity (Wildman–Crippen MR) is 61.8 cm³/mol. The summed E-state index contributed by atoms with van der Waals surface area (Å²) in [6.07, 6.45) is 0. The second kappa shape index (κ2) is 5.15. The average molecular weight is 299 g/mol. The van der Waals surface area contributed by atoms with E-state index in [9.17, 15) is 28.0 Å². The first-order valence-electron chi connectivity index (χ1n) is 5.44. The summed E-state index contributed by atoms with van der Waals surface area (Å²) in [5.74, 6) is -9.31. The van der Waals surface area contributed by atoms with Crippen molar-refractivity contribution in [2.45, 2.75) is 0 Å². The average Bonchev–Trinajstić information content (AvgIpc) is 2.34. The SMILES string of the molecule is O=C1NC(=O)C(C(=O)Nc2cc(F)c(O)c(F)c2)C(=O)N1. The highest BCUT2D eigenvalue weighted by Crippen LogP contribution is 2.24. The number of benzene rings is 1. The van der Waals surface area contributed by atoms with Crippen molar-refractivity contribution in [3.05, 3.63) is 23.8 Å². The van der Waals surface area contributed by atoms with Crippen molar-refractivity contribution in [3.63, 3.8) is 0 Å². The number of phenolic OH excluding ortho intramolecular Hbond substituents is 1. The summed E-state index contributed by atoms with van der Waals surface area (Å²) in [7, 11) is 0. The third kappa shape index (κ3) is 2.78. The van der Waals surface area contributed by atoms with Gasteiger partial charge in [0.15, 0.2) is 23.3 Å². The number of hydrogen-bond acceptors (Lipinski definition) is 5. The van der Waals surface area contributed by atoms with Crippen molar-refractivity contribution < 1.29 is 33.1 Å². The molecule has 1 aliphatic heterocycles. The number of rotatable bonds is 2. The number of nitrogens with one attached hydrogen (secondary N) is 3. The Morgan fingerprint density at radius 3 is 2.05 bits per heavy atom. The van der Waals surface area contributed by atoms with E-state index in [-0.39, 0.29) is 0 Å². The lowest BCUT2D eigenvalue weighted by atomic mass is 10.1.